The number of likely N-dealkylation sites (N-methyl/N-ethyl adjacent to an activating group) is 1. The molecule has 0 spiro atoms. The Morgan fingerprint density at radius 1 is 1.44 bits per heavy atom. The van der Waals surface area contributed by atoms with Crippen LogP contribution in [0.2, 0.25) is 5.02 Å². The van der Waals surface area contributed by atoms with Gasteiger partial charge in [0, 0.05) is 24.7 Å². The second-order valence-electron chi connectivity index (χ2n) is 4.95. The normalized spacial score (nSPS) is 16.4. The van der Waals surface area contributed by atoms with Crippen molar-refractivity contribution in [2.45, 2.75) is 25.3 Å². The zero-order chi connectivity index (χ0) is 13.1. The molecule has 1 saturated carbocycles. The number of hydrogen-bond acceptors (Lipinski definition) is 2. The predicted octanol–water partition coefficient (Wildman–Crippen LogP) is 2.08. The highest BCUT2D eigenvalue weighted by Gasteiger charge is 2.34. The monoisotopic (exact) mass is 266 g/mol. The van der Waals surface area contributed by atoms with Crippen LogP contribution in [0, 0.1) is 5.92 Å². The molecule has 0 aliphatic heterocycles. The minimum absolute atomic E-state index is 0.125. The highest BCUT2D eigenvalue weighted by Crippen LogP contribution is 2.34. The van der Waals surface area contributed by atoms with Gasteiger partial charge in [-0.3, -0.25) is 4.79 Å². The summed E-state index contributed by atoms with van der Waals surface area (Å²) in [4.78, 5) is 14.0. The van der Waals surface area contributed by atoms with Crippen LogP contribution in [-0.4, -0.2) is 30.4 Å². The van der Waals surface area contributed by atoms with Crippen molar-refractivity contribution in [3.8, 4) is 0 Å². The molecule has 1 aromatic rings. The summed E-state index contributed by atoms with van der Waals surface area (Å²) in [5.74, 6) is 0.730. The Morgan fingerprint density at radius 3 is 2.56 bits per heavy atom. The molecule has 1 aromatic carbocycles. The van der Waals surface area contributed by atoms with Gasteiger partial charge in [-0.1, -0.05) is 23.7 Å². The molecule has 0 bridgehead atoms. The topological polar surface area (TPSA) is 46.3 Å². The second kappa shape index (κ2) is 5.72. The van der Waals surface area contributed by atoms with Crippen molar-refractivity contribution in [1.82, 2.24) is 4.90 Å². The third-order valence-electron chi connectivity index (χ3n) is 3.57. The average Bonchev–Trinajstić information content (AvgIpc) is 3.17. The van der Waals surface area contributed by atoms with Crippen LogP contribution >= 0.6 is 11.6 Å². The number of nitrogens with zero attached hydrogens (tertiary/aromatic N) is 1. The third-order valence-corrected chi connectivity index (χ3v) is 3.82. The Hall–Kier alpha value is -1.06. The molecule has 1 aliphatic rings. The van der Waals surface area contributed by atoms with E-state index < -0.39 is 0 Å². The summed E-state index contributed by atoms with van der Waals surface area (Å²) in [6.07, 6.45) is 2.80. The maximum absolute atomic E-state index is 12.2. The van der Waals surface area contributed by atoms with Crippen molar-refractivity contribution in [3.05, 3.63) is 34.9 Å². The molecule has 1 unspecified atom stereocenters. The van der Waals surface area contributed by atoms with E-state index >= 15 is 0 Å². The molecule has 1 aliphatic carbocycles. The fourth-order valence-electron chi connectivity index (χ4n) is 2.23. The van der Waals surface area contributed by atoms with Gasteiger partial charge in [-0.25, -0.2) is 0 Å². The van der Waals surface area contributed by atoms with Crippen molar-refractivity contribution < 1.29 is 4.79 Å². The first kappa shape index (κ1) is 13.4. The summed E-state index contributed by atoms with van der Waals surface area (Å²) in [5.41, 5.74) is 6.74. The molecule has 98 valence electrons. The highest BCUT2D eigenvalue weighted by molar-refractivity contribution is 6.30. The summed E-state index contributed by atoms with van der Waals surface area (Å²) in [7, 11) is 1.86. The maximum Gasteiger partial charge on any atom is 0.227 e. The summed E-state index contributed by atoms with van der Waals surface area (Å²) >= 11 is 5.82. The molecule has 0 saturated heterocycles. The molecule has 0 heterocycles. The van der Waals surface area contributed by atoms with Crippen LogP contribution in [0.15, 0.2) is 24.3 Å². The fraction of sp³-hybridized carbons (Fsp3) is 0.500. The SMILES string of the molecule is CN(C(=O)Cc1ccc(Cl)cc1)C(CN)C1CC1. The van der Waals surface area contributed by atoms with Crippen LogP contribution in [0.4, 0.5) is 0 Å². The van der Waals surface area contributed by atoms with Gasteiger partial charge >= 0.3 is 0 Å². The molecule has 2 rings (SSSR count). The van der Waals surface area contributed by atoms with Crippen molar-refractivity contribution >= 4 is 17.5 Å². The quantitative estimate of drug-likeness (QED) is 0.887. The van der Waals surface area contributed by atoms with Gasteiger partial charge in [0.15, 0.2) is 0 Å². The van der Waals surface area contributed by atoms with Gasteiger partial charge in [0.25, 0.3) is 0 Å². The average molecular weight is 267 g/mol. The van der Waals surface area contributed by atoms with Gasteiger partial charge in [0.1, 0.15) is 0 Å². The first-order valence-corrected chi connectivity index (χ1v) is 6.69. The molecule has 2 N–H and O–H groups in total. The van der Waals surface area contributed by atoms with Gasteiger partial charge in [0.2, 0.25) is 5.91 Å². The Bertz CT molecular complexity index is 414. The zero-order valence-electron chi connectivity index (χ0n) is 10.6. The van der Waals surface area contributed by atoms with E-state index in [2.05, 4.69) is 0 Å². The number of hydrogen-bond donors (Lipinski definition) is 1. The minimum atomic E-state index is 0.125. The number of carbonyl (C=O) groups excluding carboxylic acids is 1. The number of rotatable bonds is 5. The van der Waals surface area contributed by atoms with Gasteiger partial charge in [-0.15, -0.1) is 0 Å². The van der Waals surface area contributed by atoms with Crippen molar-refractivity contribution in [2.24, 2.45) is 11.7 Å². The smallest absolute Gasteiger partial charge is 0.227 e. The predicted molar refractivity (Wildman–Crippen MR) is 73.5 cm³/mol. The lowest BCUT2D eigenvalue weighted by molar-refractivity contribution is -0.131. The molecule has 4 heteroatoms. The summed E-state index contributed by atoms with van der Waals surface area (Å²) in [6.45, 7) is 0.549. The number of carbonyl (C=O) groups is 1. The number of nitrogens with two attached hydrogens (primary N) is 1. The summed E-state index contributed by atoms with van der Waals surface area (Å²) < 4.78 is 0. The van der Waals surface area contributed by atoms with Crippen molar-refractivity contribution in [2.75, 3.05) is 13.6 Å². The molecule has 0 aromatic heterocycles. The van der Waals surface area contributed by atoms with Crippen molar-refractivity contribution in [1.29, 1.82) is 0 Å². The van der Waals surface area contributed by atoms with Crippen LogP contribution in [0.1, 0.15) is 18.4 Å². The first-order valence-electron chi connectivity index (χ1n) is 6.32. The lowest BCUT2D eigenvalue weighted by Crippen LogP contribution is -2.43. The van der Waals surface area contributed by atoms with E-state index in [1.807, 2.05) is 36.2 Å². The fourth-order valence-corrected chi connectivity index (χ4v) is 2.36. The van der Waals surface area contributed by atoms with Crippen LogP contribution in [0.3, 0.4) is 0 Å². The molecule has 1 atom stereocenters. The maximum atomic E-state index is 12.2. The lowest BCUT2D eigenvalue weighted by atomic mass is 10.1. The van der Waals surface area contributed by atoms with Crippen LogP contribution < -0.4 is 5.73 Å². The molecular formula is C14H19ClN2O. The van der Waals surface area contributed by atoms with E-state index in [4.69, 9.17) is 17.3 Å². The van der Waals surface area contributed by atoms with Crippen molar-refractivity contribution in [3.63, 3.8) is 0 Å². The molecular weight excluding hydrogens is 248 g/mol. The van der Waals surface area contributed by atoms with Gasteiger partial charge in [0.05, 0.1) is 6.42 Å². The molecule has 1 fully saturated rings. The Balaban J connectivity index is 1.96. The van der Waals surface area contributed by atoms with E-state index in [9.17, 15) is 4.79 Å². The first-order chi connectivity index (χ1) is 8.61. The molecule has 3 nitrogen and oxygen atoms in total. The number of amides is 1. The zero-order valence-corrected chi connectivity index (χ0v) is 11.4. The molecule has 18 heavy (non-hydrogen) atoms. The van der Waals surface area contributed by atoms with Gasteiger partial charge in [-0.2, -0.15) is 0 Å². The molecule has 1 amide bonds. The Morgan fingerprint density at radius 2 is 2.06 bits per heavy atom. The third kappa shape index (κ3) is 3.24. The van der Waals surface area contributed by atoms with Gasteiger partial charge in [-0.05, 0) is 36.5 Å². The summed E-state index contributed by atoms with van der Waals surface area (Å²) in [6, 6.07) is 7.60. The van der Waals surface area contributed by atoms with E-state index in [0.717, 1.165) is 5.56 Å². The van der Waals surface area contributed by atoms with E-state index in [1.165, 1.54) is 12.8 Å². The van der Waals surface area contributed by atoms with Crippen LogP contribution in [-0.2, 0) is 11.2 Å². The van der Waals surface area contributed by atoms with E-state index in [-0.39, 0.29) is 11.9 Å². The number of benzene rings is 1. The lowest BCUT2D eigenvalue weighted by Gasteiger charge is -2.27. The van der Waals surface area contributed by atoms with E-state index in [0.29, 0.717) is 23.9 Å². The summed E-state index contributed by atoms with van der Waals surface area (Å²) in [5, 5.41) is 0.692. The van der Waals surface area contributed by atoms with Crippen LogP contribution in [0.25, 0.3) is 0 Å². The minimum Gasteiger partial charge on any atom is -0.341 e. The highest BCUT2D eigenvalue weighted by atomic mass is 35.5. The number of halogens is 1. The van der Waals surface area contributed by atoms with Crippen LogP contribution in [0.5, 0.6) is 0 Å². The standard InChI is InChI=1S/C14H19ClN2O/c1-17(13(9-16)11-4-5-11)14(18)8-10-2-6-12(15)7-3-10/h2-3,6-7,11,13H,4-5,8-9,16H2,1H3. The molecule has 0 radical (unpaired) electrons. The Labute approximate surface area is 113 Å². The second-order valence-corrected chi connectivity index (χ2v) is 5.38. The largest absolute Gasteiger partial charge is 0.341 e. The van der Waals surface area contributed by atoms with E-state index in [1.54, 1.807) is 0 Å². The van der Waals surface area contributed by atoms with Gasteiger partial charge < -0.3 is 10.6 Å². The Kier molecular flexibility index (Phi) is 4.25.